The maximum absolute atomic E-state index is 13.9. The number of hydrogen-bond acceptors (Lipinski definition) is 3. The second kappa shape index (κ2) is 11.6. The molecular weight excluding hydrogens is 494 g/mol. The molecule has 3 aromatic carbocycles. The number of carbonyl (C=O) groups excluding carboxylic acids is 2. The molecule has 0 radical (unpaired) electrons. The van der Waals surface area contributed by atoms with E-state index in [0.717, 1.165) is 28.8 Å². The highest BCUT2D eigenvalue weighted by Crippen LogP contribution is 2.39. The lowest BCUT2D eigenvalue weighted by atomic mass is 9.83. The Morgan fingerprint density at radius 2 is 1.55 bits per heavy atom. The van der Waals surface area contributed by atoms with Gasteiger partial charge in [0.05, 0.1) is 12.0 Å². The zero-order valence-corrected chi connectivity index (χ0v) is 22.9. The first-order valence-electron chi connectivity index (χ1n) is 13.7. The van der Waals surface area contributed by atoms with Crippen LogP contribution in [-0.4, -0.2) is 29.3 Å². The van der Waals surface area contributed by atoms with Gasteiger partial charge in [-0.1, -0.05) is 60.8 Å². The average Bonchev–Trinajstić information content (AvgIpc) is 3.44. The Hall–Kier alpha value is -3.31. The molecule has 3 aromatic rings. The van der Waals surface area contributed by atoms with Gasteiger partial charge in [-0.25, -0.2) is 0 Å². The summed E-state index contributed by atoms with van der Waals surface area (Å²) in [6.45, 7) is 4.51. The Kier molecular flexibility index (Phi) is 8.04. The summed E-state index contributed by atoms with van der Waals surface area (Å²) in [5, 5.41) is 7.33. The van der Waals surface area contributed by atoms with Crippen LogP contribution in [0.3, 0.4) is 0 Å². The van der Waals surface area contributed by atoms with Crippen LogP contribution in [-0.2, 0) is 4.79 Å². The standard InChI is InChI=1S/C32H36ClN3O2/c1-21-8-3-6-11-27(21)32(38)36-19-7-12-28(31(37)35-26-16-13-22(2)29(33)20-26)30(36)23-14-17-25(18-15-23)34-24-9-4-5-10-24/h3,6,8,11,13-18,20,24,28,30,34H,4-5,7,9-10,12,19H2,1-2H3,(H,35,37). The van der Waals surface area contributed by atoms with Crippen LogP contribution in [0, 0.1) is 19.8 Å². The molecule has 5 nitrogen and oxygen atoms in total. The van der Waals surface area contributed by atoms with Crippen LogP contribution in [0.2, 0.25) is 5.02 Å². The van der Waals surface area contributed by atoms with Gasteiger partial charge in [0.25, 0.3) is 5.91 Å². The number of halogens is 1. The van der Waals surface area contributed by atoms with Gasteiger partial charge in [0.1, 0.15) is 0 Å². The minimum absolute atomic E-state index is 0.0304. The summed E-state index contributed by atoms with van der Waals surface area (Å²) < 4.78 is 0. The molecular formula is C32H36ClN3O2. The fourth-order valence-corrected chi connectivity index (χ4v) is 6.05. The van der Waals surface area contributed by atoms with E-state index in [0.29, 0.717) is 35.3 Å². The third-order valence-corrected chi connectivity index (χ3v) is 8.43. The first kappa shape index (κ1) is 26.3. The lowest BCUT2D eigenvalue weighted by Crippen LogP contribution is -2.46. The number of likely N-dealkylation sites (tertiary alicyclic amines) is 1. The van der Waals surface area contributed by atoms with Crippen LogP contribution >= 0.6 is 11.6 Å². The molecule has 0 bridgehead atoms. The number of piperidine rings is 1. The quantitative estimate of drug-likeness (QED) is 0.346. The van der Waals surface area contributed by atoms with Crippen LogP contribution in [0.5, 0.6) is 0 Å². The summed E-state index contributed by atoms with van der Waals surface area (Å²) in [6.07, 6.45) is 6.42. The van der Waals surface area contributed by atoms with Gasteiger partial charge in [0.15, 0.2) is 0 Å². The van der Waals surface area contributed by atoms with E-state index in [-0.39, 0.29) is 23.8 Å². The number of hydrogen-bond donors (Lipinski definition) is 2. The molecule has 5 rings (SSSR count). The molecule has 1 saturated carbocycles. The van der Waals surface area contributed by atoms with Gasteiger partial charge in [-0.3, -0.25) is 9.59 Å². The first-order valence-corrected chi connectivity index (χ1v) is 14.1. The topological polar surface area (TPSA) is 61.4 Å². The monoisotopic (exact) mass is 529 g/mol. The van der Waals surface area contributed by atoms with E-state index in [4.69, 9.17) is 11.6 Å². The highest BCUT2D eigenvalue weighted by Gasteiger charge is 2.40. The summed E-state index contributed by atoms with van der Waals surface area (Å²) in [7, 11) is 0. The van der Waals surface area contributed by atoms with E-state index in [1.807, 2.05) is 55.1 Å². The van der Waals surface area contributed by atoms with Crippen molar-refractivity contribution >= 4 is 34.8 Å². The molecule has 0 aromatic heterocycles. The first-order chi connectivity index (χ1) is 18.4. The molecule has 2 unspecified atom stereocenters. The van der Waals surface area contributed by atoms with Crippen molar-refractivity contribution in [2.24, 2.45) is 5.92 Å². The SMILES string of the molecule is Cc1ccc(NC(=O)C2CCCN(C(=O)c3ccccc3C)C2c2ccc(NC3CCCC3)cc2)cc1Cl. The molecule has 6 heteroatoms. The molecule has 2 amide bonds. The number of anilines is 2. The molecule has 198 valence electrons. The summed E-state index contributed by atoms with van der Waals surface area (Å²) in [5.74, 6) is -0.507. The van der Waals surface area contributed by atoms with E-state index in [9.17, 15) is 9.59 Å². The molecule has 2 aliphatic rings. The van der Waals surface area contributed by atoms with Gasteiger partial charge in [-0.2, -0.15) is 0 Å². The number of carbonyl (C=O) groups is 2. The summed E-state index contributed by atoms with van der Waals surface area (Å²) in [5.41, 5.74) is 5.31. The Bertz CT molecular complexity index is 1300. The molecule has 1 heterocycles. The van der Waals surface area contributed by atoms with Crippen molar-refractivity contribution in [1.82, 2.24) is 4.90 Å². The number of benzene rings is 3. The second-order valence-electron chi connectivity index (χ2n) is 10.7. The molecule has 2 fully saturated rings. The average molecular weight is 530 g/mol. The van der Waals surface area contributed by atoms with Crippen molar-refractivity contribution in [2.45, 2.75) is 64.5 Å². The number of nitrogens with one attached hydrogen (secondary N) is 2. The van der Waals surface area contributed by atoms with Crippen LogP contribution in [0.25, 0.3) is 0 Å². The van der Waals surface area contributed by atoms with E-state index in [2.05, 4.69) is 34.9 Å². The third-order valence-electron chi connectivity index (χ3n) is 8.02. The Morgan fingerprint density at radius 3 is 2.26 bits per heavy atom. The lowest BCUT2D eigenvalue weighted by molar-refractivity contribution is -0.123. The van der Waals surface area contributed by atoms with Crippen LogP contribution in [0.15, 0.2) is 66.7 Å². The van der Waals surface area contributed by atoms with Gasteiger partial charge in [-0.15, -0.1) is 0 Å². The van der Waals surface area contributed by atoms with E-state index < -0.39 is 0 Å². The highest BCUT2D eigenvalue weighted by molar-refractivity contribution is 6.31. The predicted octanol–water partition coefficient (Wildman–Crippen LogP) is 7.54. The van der Waals surface area contributed by atoms with Gasteiger partial charge in [0.2, 0.25) is 5.91 Å². The highest BCUT2D eigenvalue weighted by atomic mass is 35.5. The Morgan fingerprint density at radius 1 is 0.842 bits per heavy atom. The van der Waals surface area contributed by atoms with Crippen molar-refractivity contribution in [1.29, 1.82) is 0 Å². The Labute approximate surface area is 230 Å². The van der Waals surface area contributed by atoms with Crippen molar-refractivity contribution in [3.8, 4) is 0 Å². The van der Waals surface area contributed by atoms with Crippen molar-refractivity contribution in [3.63, 3.8) is 0 Å². The maximum atomic E-state index is 13.9. The number of aryl methyl sites for hydroxylation is 2. The van der Waals surface area contributed by atoms with Gasteiger partial charge >= 0.3 is 0 Å². The lowest BCUT2D eigenvalue weighted by Gasteiger charge is -2.41. The smallest absolute Gasteiger partial charge is 0.254 e. The fourth-order valence-electron chi connectivity index (χ4n) is 5.87. The largest absolute Gasteiger partial charge is 0.382 e. The molecule has 1 saturated heterocycles. The minimum Gasteiger partial charge on any atom is -0.382 e. The summed E-state index contributed by atoms with van der Waals surface area (Å²) in [6, 6.07) is 21.7. The Balaban J connectivity index is 1.45. The third kappa shape index (κ3) is 5.73. The van der Waals surface area contributed by atoms with Gasteiger partial charge in [0, 0.05) is 34.5 Å². The predicted molar refractivity (Wildman–Crippen MR) is 155 cm³/mol. The summed E-state index contributed by atoms with van der Waals surface area (Å²) >= 11 is 6.32. The fraction of sp³-hybridized carbons (Fsp3) is 0.375. The zero-order chi connectivity index (χ0) is 26.6. The maximum Gasteiger partial charge on any atom is 0.254 e. The van der Waals surface area contributed by atoms with Crippen LogP contribution < -0.4 is 10.6 Å². The van der Waals surface area contributed by atoms with Gasteiger partial charge in [-0.05, 0) is 86.6 Å². The van der Waals surface area contributed by atoms with Crippen molar-refractivity contribution < 1.29 is 9.59 Å². The van der Waals surface area contributed by atoms with Crippen molar-refractivity contribution in [3.05, 3.63) is 94.0 Å². The van der Waals surface area contributed by atoms with E-state index in [1.54, 1.807) is 6.07 Å². The van der Waals surface area contributed by atoms with E-state index >= 15 is 0 Å². The number of rotatable bonds is 6. The molecule has 38 heavy (non-hydrogen) atoms. The molecule has 2 N–H and O–H groups in total. The van der Waals surface area contributed by atoms with Crippen LogP contribution in [0.4, 0.5) is 11.4 Å². The molecule has 1 aliphatic heterocycles. The van der Waals surface area contributed by atoms with Gasteiger partial charge < -0.3 is 15.5 Å². The summed E-state index contributed by atoms with van der Waals surface area (Å²) in [4.78, 5) is 29.5. The van der Waals surface area contributed by atoms with E-state index in [1.165, 1.54) is 25.7 Å². The molecule has 1 aliphatic carbocycles. The van der Waals surface area contributed by atoms with Crippen molar-refractivity contribution in [2.75, 3.05) is 17.2 Å². The molecule has 0 spiro atoms. The zero-order valence-electron chi connectivity index (χ0n) is 22.2. The minimum atomic E-state index is -0.384. The number of nitrogens with zero attached hydrogens (tertiary/aromatic N) is 1. The number of amides is 2. The second-order valence-corrected chi connectivity index (χ2v) is 11.1. The molecule has 2 atom stereocenters. The van der Waals surface area contributed by atoms with Crippen LogP contribution in [0.1, 0.15) is 71.6 Å². The normalized spacial score (nSPS) is 19.8.